The van der Waals surface area contributed by atoms with Crippen LogP contribution in [0.1, 0.15) is 28.8 Å². The van der Waals surface area contributed by atoms with Gasteiger partial charge in [-0.1, -0.05) is 6.07 Å². The summed E-state index contributed by atoms with van der Waals surface area (Å²) in [5.41, 5.74) is 1.98. The summed E-state index contributed by atoms with van der Waals surface area (Å²) in [6.45, 7) is 3.64. The quantitative estimate of drug-likeness (QED) is 0.498. The molecule has 9 heteroatoms. The molecule has 1 aliphatic carbocycles. The molecule has 2 aliphatic rings. The van der Waals surface area contributed by atoms with Gasteiger partial charge in [-0.2, -0.15) is 0 Å². The van der Waals surface area contributed by atoms with Gasteiger partial charge in [0.15, 0.2) is 11.5 Å². The van der Waals surface area contributed by atoms with E-state index in [-0.39, 0.29) is 17.6 Å². The Bertz CT molecular complexity index is 1000. The van der Waals surface area contributed by atoms with Crippen molar-refractivity contribution in [2.24, 2.45) is 0 Å². The zero-order chi connectivity index (χ0) is 22.7. The summed E-state index contributed by atoms with van der Waals surface area (Å²) in [6, 6.07) is 10.9. The maximum atomic E-state index is 12.3. The third-order valence-electron chi connectivity index (χ3n) is 5.91. The summed E-state index contributed by atoms with van der Waals surface area (Å²) in [5.74, 6) is 1.15. The van der Waals surface area contributed by atoms with Gasteiger partial charge in [-0.25, -0.2) is 0 Å². The Morgan fingerprint density at radius 2 is 1.78 bits per heavy atom. The Balaban J connectivity index is 1.41. The van der Waals surface area contributed by atoms with Crippen LogP contribution in [0.15, 0.2) is 36.4 Å². The van der Waals surface area contributed by atoms with Crippen LogP contribution in [0.3, 0.4) is 0 Å². The number of carbonyl (C=O) groups is 1. The number of nitrogens with zero attached hydrogens (tertiary/aromatic N) is 3. The van der Waals surface area contributed by atoms with E-state index in [0.717, 1.165) is 38.0 Å². The number of hydrogen-bond donors (Lipinski definition) is 1. The number of piperazine rings is 1. The summed E-state index contributed by atoms with van der Waals surface area (Å²) in [7, 11) is 3.23. The number of nitrogens with one attached hydrogen (secondary N) is 1. The summed E-state index contributed by atoms with van der Waals surface area (Å²) >= 11 is 0. The average Bonchev–Trinajstić information content (AvgIpc) is 3.63. The van der Waals surface area contributed by atoms with E-state index in [4.69, 9.17) is 9.47 Å². The number of nitro groups is 1. The monoisotopic (exact) mass is 440 g/mol. The van der Waals surface area contributed by atoms with Crippen molar-refractivity contribution in [1.29, 1.82) is 0 Å². The smallest absolute Gasteiger partial charge is 0.293 e. The molecule has 2 fully saturated rings. The molecule has 0 radical (unpaired) electrons. The molecule has 4 rings (SSSR count). The SMILES string of the molecule is COc1ccc(CN2CCN(c3ccc(C(=O)NC4CC4)cc3[N+](=O)[O-])CC2)cc1OC. The standard InChI is InChI=1S/C23H28N4O5/c1-31-21-8-3-16(13-22(21)32-2)15-25-9-11-26(12-10-25)19-7-4-17(14-20(19)27(29)30)23(28)24-18-5-6-18/h3-4,7-8,13-14,18H,5-6,9-12,15H2,1-2H3,(H,24,28). The fourth-order valence-corrected chi connectivity index (χ4v) is 3.96. The van der Waals surface area contributed by atoms with Crippen LogP contribution in [-0.4, -0.2) is 62.2 Å². The van der Waals surface area contributed by atoms with Gasteiger partial charge in [-0.05, 0) is 42.7 Å². The van der Waals surface area contributed by atoms with E-state index in [1.165, 1.54) is 6.07 Å². The molecule has 0 aromatic heterocycles. The van der Waals surface area contributed by atoms with Crippen LogP contribution in [0.4, 0.5) is 11.4 Å². The molecule has 0 atom stereocenters. The van der Waals surface area contributed by atoms with Crippen LogP contribution < -0.4 is 19.7 Å². The van der Waals surface area contributed by atoms with Crippen molar-refractivity contribution in [3.63, 3.8) is 0 Å². The lowest BCUT2D eigenvalue weighted by molar-refractivity contribution is -0.384. The minimum absolute atomic E-state index is 0.0261. The number of anilines is 1. The van der Waals surface area contributed by atoms with Gasteiger partial charge in [-0.15, -0.1) is 0 Å². The molecule has 1 saturated heterocycles. The molecule has 1 aliphatic heterocycles. The van der Waals surface area contributed by atoms with Crippen molar-refractivity contribution >= 4 is 17.3 Å². The van der Waals surface area contributed by atoms with Gasteiger partial charge >= 0.3 is 0 Å². The predicted molar refractivity (Wildman–Crippen MR) is 121 cm³/mol. The second-order valence-corrected chi connectivity index (χ2v) is 8.16. The molecule has 1 saturated carbocycles. The second kappa shape index (κ2) is 9.44. The van der Waals surface area contributed by atoms with Crippen LogP contribution in [0, 0.1) is 10.1 Å². The maximum Gasteiger partial charge on any atom is 0.293 e. The molecule has 2 aromatic carbocycles. The summed E-state index contributed by atoms with van der Waals surface area (Å²) < 4.78 is 10.7. The first-order valence-corrected chi connectivity index (χ1v) is 10.8. The average molecular weight is 441 g/mol. The van der Waals surface area contributed by atoms with Gasteiger partial charge in [-0.3, -0.25) is 19.8 Å². The highest BCUT2D eigenvalue weighted by Crippen LogP contribution is 2.31. The zero-order valence-corrected chi connectivity index (χ0v) is 18.4. The maximum absolute atomic E-state index is 12.3. The highest BCUT2D eigenvalue weighted by molar-refractivity contribution is 5.96. The van der Waals surface area contributed by atoms with Crippen molar-refractivity contribution < 1.29 is 19.2 Å². The number of ether oxygens (including phenoxy) is 2. The van der Waals surface area contributed by atoms with Gasteiger partial charge in [0, 0.05) is 50.4 Å². The number of rotatable bonds is 8. The van der Waals surface area contributed by atoms with Crippen molar-refractivity contribution in [2.75, 3.05) is 45.3 Å². The Labute approximate surface area is 187 Å². The highest BCUT2D eigenvalue weighted by Gasteiger charge is 2.27. The van der Waals surface area contributed by atoms with Gasteiger partial charge in [0.2, 0.25) is 0 Å². The number of hydrogen-bond acceptors (Lipinski definition) is 7. The van der Waals surface area contributed by atoms with E-state index in [0.29, 0.717) is 35.8 Å². The lowest BCUT2D eigenvalue weighted by Gasteiger charge is -2.36. The molecule has 0 unspecified atom stereocenters. The molecular weight excluding hydrogens is 412 g/mol. The third-order valence-corrected chi connectivity index (χ3v) is 5.91. The summed E-state index contributed by atoms with van der Waals surface area (Å²) in [5, 5.41) is 14.6. The first kappa shape index (κ1) is 21.9. The topological polar surface area (TPSA) is 97.2 Å². The van der Waals surface area contributed by atoms with Gasteiger partial charge in [0.05, 0.1) is 19.1 Å². The normalized spacial score (nSPS) is 16.5. The molecule has 170 valence electrons. The van der Waals surface area contributed by atoms with Gasteiger partial charge in [0.1, 0.15) is 5.69 Å². The number of amides is 1. The molecule has 9 nitrogen and oxygen atoms in total. The second-order valence-electron chi connectivity index (χ2n) is 8.16. The number of benzene rings is 2. The van der Waals surface area contributed by atoms with E-state index >= 15 is 0 Å². The Morgan fingerprint density at radius 1 is 1.06 bits per heavy atom. The number of methoxy groups -OCH3 is 2. The minimum atomic E-state index is -0.404. The summed E-state index contributed by atoms with van der Waals surface area (Å²) in [6.07, 6.45) is 1.94. The van der Waals surface area contributed by atoms with Crippen molar-refractivity contribution in [1.82, 2.24) is 10.2 Å². The van der Waals surface area contributed by atoms with E-state index < -0.39 is 4.92 Å². The largest absolute Gasteiger partial charge is 0.493 e. The van der Waals surface area contributed by atoms with Crippen LogP contribution in [0.2, 0.25) is 0 Å². The summed E-state index contributed by atoms with van der Waals surface area (Å²) in [4.78, 5) is 27.9. The lowest BCUT2D eigenvalue weighted by atomic mass is 10.1. The van der Waals surface area contributed by atoms with E-state index in [1.54, 1.807) is 26.4 Å². The minimum Gasteiger partial charge on any atom is -0.493 e. The Kier molecular flexibility index (Phi) is 6.45. The molecular formula is C23H28N4O5. The van der Waals surface area contributed by atoms with Gasteiger partial charge in [0.25, 0.3) is 11.6 Å². The molecule has 0 bridgehead atoms. The molecule has 1 heterocycles. The van der Waals surface area contributed by atoms with Crippen LogP contribution in [0.25, 0.3) is 0 Å². The molecule has 1 amide bonds. The molecule has 2 aromatic rings. The third kappa shape index (κ3) is 4.94. The number of carbonyl (C=O) groups excluding carboxylic acids is 1. The Hall–Kier alpha value is -3.33. The fraction of sp³-hybridized carbons (Fsp3) is 0.435. The van der Waals surface area contributed by atoms with Gasteiger partial charge < -0.3 is 19.7 Å². The fourth-order valence-electron chi connectivity index (χ4n) is 3.96. The zero-order valence-electron chi connectivity index (χ0n) is 18.4. The lowest BCUT2D eigenvalue weighted by Crippen LogP contribution is -2.46. The van der Waals surface area contributed by atoms with Crippen LogP contribution in [-0.2, 0) is 6.54 Å². The molecule has 0 spiro atoms. The molecule has 1 N–H and O–H groups in total. The molecule has 32 heavy (non-hydrogen) atoms. The first-order valence-electron chi connectivity index (χ1n) is 10.8. The predicted octanol–water partition coefficient (Wildman–Crippen LogP) is 2.83. The van der Waals surface area contributed by atoms with Crippen LogP contribution in [0.5, 0.6) is 11.5 Å². The number of nitro benzene ring substituents is 1. The first-order chi connectivity index (χ1) is 15.5. The Morgan fingerprint density at radius 3 is 2.41 bits per heavy atom. The highest BCUT2D eigenvalue weighted by atomic mass is 16.6. The van der Waals surface area contributed by atoms with E-state index in [1.807, 2.05) is 23.1 Å². The van der Waals surface area contributed by atoms with Crippen molar-refractivity contribution in [2.45, 2.75) is 25.4 Å². The van der Waals surface area contributed by atoms with E-state index in [2.05, 4.69) is 10.2 Å². The van der Waals surface area contributed by atoms with Crippen LogP contribution >= 0.6 is 0 Å². The van der Waals surface area contributed by atoms with Crippen molar-refractivity contribution in [3.05, 3.63) is 57.6 Å². The van der Waals surface area contributed by atoms with Crippen molar-refractivity contribution in [3.8, 4) is 11.5 Å². The van der Waals surface area contributed by atoms with E-state index in [9.17, 15) is 14.9 Å².